The maximum absolute atomic E-state index is 3.99. The molecule has 45 heavy (non-hydrogen) atoms. The molecule has 4 atom stereocenters. The molecule has 0 radical (unpaired) electrons. The van der Waals surface area contributed by atoms with Crippen molar-refractivity contribution in [2.75, 3.05) is 39.3 Å². The van der Waals surface area contributed by atoms with Crippen LogP contribution in [0.5, 0.6) is 0 Å². The summed E-state index contributed by atoms with van der Waals surface area (Å²) in [5, 5.41) is 17.5. The van der Waals surface area contributed by atoms with Crippen molar-refractivity contribution in [3.63, 3.8) is 0 Å². The summed E-state index contributed by atoms with van der Waals surface area (Å²) in [5.41, 5.74) is 4.33. The van der Waals surface area contributed by atoms with Crippen molar-refractivity contribution >= 4 is 30.4 Å². The Balaban J connectivity index is 0.000000609. The Kier molecular flexibility index (Phi) is 12.1. The van der Waals surface area contributed by atoms with E-state index in [2.05, 4.69) is 83.1 Å². The molecule has 2 aliphatic heterocycles. The molecule has 2 saturated heterocycles. The Labute approximate surface area is 290 Å². The maximum atomic E-state index is 3.99. The van der Waals surface area contributed by atoms with Gasteiger partial charge in [-0.25, -0.2) is 11.3 Å². The summed E-state index contributed by atoms with van der Waals surface area (Å²) in [4.78, 5) is 0. The summed E-state index contributed by atoms with van der Waals surface area (Å²) < 4.78 is 0. The Morgan fingerprint density at radius 3 is 1.71 bits per heavy atom. The summed E-state index contributed by atoms with van der Waals surface area (Å²) in [6.07, 6.45) is 9.06. The van der Waals surface area contributed by atoms with Crippen molar-refractivity contribution in [1.82, 2.24) is 21.3 Å². The predicted molar refractivity (Wildman–Crippen MR) is 199 cm³/mol. The average molecular weight is 709 g/mol. The number of piperazine rings is 2. The van der Waals surface area contributed by atoms with Crippen molar-refractivity contribution in [1.29, 1.82) is 0 Å². The molecule has 4 nitrogen and oxygen atoms in total. The van der Waals surface area contributed by atoms with Crippen LogP contribution in [-0.4, -0.2) is 70.2 Å². The number of hydrogen-bond donors (Lipinski definition) is 4. The van der Waals surface area contributed by atoms with Gasteiger partial charge < -0.3 is 51.6 Å². The van der Waals surface area contributed by atoms with E-state index >= 15 is 0 Å². The van der Waals surface area contributed by atoms with Gasteiger partial charge in [-0.15, -0.1) is 22.7 Å². The molecule has 2 aromatic carbocycles. The van der Waals surface area contributed by atoms with Gasteiger partial charge in [0.05, 0.1) is 0 Å². The minimum Gasteiger partial charge on any atom is -0.748 e. The molecule has 6 aliphatic rings. The summed E-state index contributed by atoms with van der Waals surface area (Å²) in [5.74, 6) is 4.14. The van der Waals surface area contributed by atoms with Gasteiger partial charge in [0.15, 0.2) is 0 Å². The first-order chi connectivity index (χ1) is 20.9. The minimum absolute atomic E-state index is 0. The van der Waals surface area contributed by atoms with Crippen LogP contribution in [0.3, 0.4) is 0 Å². The van der Waals surface area contributed by atoms with Crippen LogP contribution < -0.4 is 26.5 Å². The first kappa shape index (κ1) is 36.4. The molecular weight excluding hydrogens is 646 g/mol. The molecule has 0 spiro atoms. The van der Waals surface area contributed by atoms with Crippen LogP contribution in [0.1, 0.15) is 64.0 Å². The Morgan fingerprint density at radius 2 is 1.31 bits per heavy atom. The number of hydrogen-bond acceptors (Lipinski definition) is 4. The number of rotatable bonds is 7. The third kappa shape index (κ3) is 7.97. The van der Waals surface area contributed by atoms with E-state index in [-0.39, 0.29) is 30.1 Å². The van der Waals surface area contributed by atoms with Gasteiger partial charge in [-0.05, 0) is 66.6 Å². The first-order valence-electron chi connectivity index (χ1n) is 17.9. The second-order valence-corrected chi connectivity index (χ2v) is 26.2. The van der Waals surface area contributed by atoms with Gasteiger partial charge in [0.25, 0.3) is 0 Å². The van der Waals surface area contributed by atoms with Gasteiger partial charge in [-0.2, -0.15) is 11.6 Å². The molecule has 2 aromatic rings. The molecule has 4 saturated carbocycles. The molecule has 4 unspecified atom stereocenters. The van der Waals surface area contributed by atoms with Crippen LogP contribution in [0.2, 0.25) is 19.6 Å². The van der Waals surface area contributed by atoms with Gasteiger partial charge in [-0.3, -0.25) is 0 Å². The molecule has 8 rings (SSSR count). The van der Waals surface area contributed by atoms with E-state index < -0.39 is 8.07 Å². The van der Waals surface area contributed by atoms with Crippen LogP contribution >= 0.6 is 17.2 Å². The minimum atomic E-state index is -1.46. The van der Waals surface area contributed by atoms with E-state index in [0.717, 1.165) is 68.6 Å². The van der Waals surface area contributed by atoms with Gasteiger partial charge in [0.2, 0.25) is 0 Å². The first-order valence-corrected chi connectivity index (χ1v) is 23.5. The second kappa shape index (κ2) is 14.9. The zero-order valence-corrected chi connectivity index (χ0v) is 33.1. The molecule has 8 heteroatoms. The van der Waals surface area contributed by atoms with E-state index in [1.165, 1.54) is 6.16 Å². The van der Waals surface area contributed by atoms with Crippen LogP contribution in [0.15, 0.2) is 42.5 Å². The Bertz CT molecular complexity index is 1130. The molecule has 4 N–H and O–H groups in total. The van der Waals surface area contributed by atoms with Crippen LogP contribution in [0.4, 0.5) is 0 Å². The van der Waals surface area contributed by atoms with Gasteiger partial charge in [0.1, 0.15) is 0 Å². The molecule has 258 valence electrons. The smallest absolute Gasteiger partial charge is 0.0319 e. The monoisotopic (exact) mass is 708 g/mol. The SMILES string of the molecule is CC(C)(C)P(C[c-]1cc([Si](C)(C)C)cc1C(P)(C1CNCCN1)C1CNCCN1)C1C2CC3CC(C2)CC1C3.[Fe].[cH-]1[cH-][cH-][cH-][cH-]1. The van der Waals surface area contributed by atoms with Gasteiger partial charge in [0, 0.05) is 81.7 Å². The average Bonchev–Trinajstić information content (AvgIpc) is 3.70. The second-order valence-electron chi connectivity index (χ2n) is 17.0. The largest absolute Gasteiger partial charge is 0.748 e. The van der Waals surface area contributed by atoms with Gasteiger partial charge in [-0.1, -0.05) is 46.6 Å². The third-order valence-electron chi connectivity index (χ3n) is 11.8. The van der Waals surface area contributed by atoms with Crippen LogP contribution in [-0.2, 0) is 28.4 Å². The van der Waals surface area contributed by atoms with Crippen LogP contribution in [0, 0.1) is 23.7 Å². The van der Waals surface area contributed by atoms with E-state index in [9.17, 15) is 0 Å². The molecule has 6 fully saturated rings. The fraction of sp³-hybridized carbons (Fsp3) is 0.730. The number of nitrogens with one attached hydrogen (secondary N) is 4. The summed E-state index contributed by atoms with van der Waals surface area (Å²) in [6.45, 7) is 21.8. The Morgan fingerprint density at radius 1 is 0.822 bits per heavy atom. The molecule has 4 bridgehead atoms. The summed E-state index contributed by atoms with van der Waals surface area (Å²) >= 11 is 0. The van der Waals surface area contributed by atoms with E-state index in [1.807, 2.05) is 30.3 Å². The predicted octanol–water partition coefficient (Wildman–Crippen LogP) is 6.15. The Hall–Kier alpha value is 0.136. The quantitative estimate of drug-likeness (QED) is 0.159. The van der Waals surface area contributed by atoms with Crippen molar-refractivity contribution in [3.8, 4) is 0 Å². The van der Waals surface area contributed by atoms with Crippen molar-refractivity contribution in [2.45, 2.75) is 107 Å². The fourth-order valence-electron chi connectivity index (χ4n) is 9.82. The molecular formula is C37H62FeN4P2Si-6. The van der Waals surface area contributed by atoms with E-state index in [4.69, 9.17) is 0 Å². The van der Waals surface area contributed by atoms with Crippen molar-refractivity contribution < 1.29 is 17.1 Å². The normalized spacial score (nSPS) is 33.4. The molecule has 2 heterocycles. The van der Waals surface area contributed by atoms with E-state index in [0.29, 0.717) is 17.2 Å². The molecule has 0 aromatic heterocycles. The van der Waals surface area contributed by atoms with Crippen molar-refractivity contribution in [3.05, 3.63) is 53.6 Å². The van der Waals surface area contributed by atoms with Gasteiger partial charge >= 0.3 is 0 Å². The standard InChI is InChI=1S/C32H57N4P2Si.C5H5.Fe/c1-31(2,3)38(30-23-12-21-11-22(14-23)15-24(30)13-21)20-25-16-26(39(4,5)6)17-27(25)32(37,28-18-33-7-9-35-28)29-19-34-8-10-36-29;1-2-4-5-3-1;/h16-17,21-24,28-30,33-36H,7-15,18-20,37H2,1-6H3;1-5H;/q-1;-5;. The topological polar surface area (TPSA) is 48.1 Å². The maximum Gasteiger partial charge on any atom is 0.0319 e. The van der Waals surface area contributed by atoms with Crippen molar-refractivity contribution in [2.24, 2.45) is 23.7 Å². The zero-order chi connectivity index (χ0) is 31.1. The van der Waals surface area contributed by atoms with E-state index in [1.54, 1.807) is 48.4 Å². The zero-order valence-electron chi connectivity index (χ0n) is 28.9. The summed E-state index contributed by atoms with van der Waals surface area (Å²) in [6, 6.07) is 16.2. The summed E-state index contributed by atoms with van der Waals surface area (Å²) in [7, 11) is 1.90. The third-order valence-corrected chi connectivity index (χ3v) is 18.9. The van der Waals surface area contributed by atoms with Crippen LogP contribution in [0.25, 0.3) is 0 Å². The molecule has 0 amide bonds. The fourth-order valence-corrected chi connectivity index (χ4v) is 15.5. The molecule has 4 aliphatic carbocycles.